The maximum atomic E-state index is 14.0. The number of H-pyrrole nitrogens is 1. The molecule has 1 saturated carbocycles. The molecule has 0 atom stereocenters. The second kappa shape index (κ2) is 19.9. The number of benzene rings is 2. The third kappa shape index (κ3) is 11.4. The summed E-state index contributed by atoms with van der Waals surface area (Å²) >= 11 is 1.87. The molecule has 4 aliphatic rings. The highest BCUT2D eigenvalue weighted by molar-refractivity contribution is 7.90. The summed E-state index contributed by atoms with van der Waals surface area (Å²) in [5.41, 5.74) is 5.12. The van der Waals surface area contributed by atoms with Gasteiger partial charge in [-0.3, -0.25) is 24.7 Å². The number of aliphatic hydroxyl groups is 1. The molecule has 2 aliphatic heterocycles. The third-order valence-electron chi connectivity index (χ3n) is 14.1. The number of aromatic amines is 1. The van der Waals surface area contributed by atoms with Crippen molar-refractivity contribution in [3.8, 4) is 11.5 Å². The number of hydrogen-bond donors (Lipinski definition) is 4. The largest absolute Gasteiger partial charge is 0.455 e. The quantitative estimate of drug-likeness (QED) is 0.0577. The lowest BCUT2D eigenvalue weighted by Crippen LogP contribution is -2.47. The number of morpholine rings is 1. The number of nitrogens with one attached hydrogen (secondary N) is 3. The van der Waals surface area contributed by atoms with Crippen LogP contribution in [0.25, 0.3) is 16.6 Å². The Morgan fingerprint density at radius 2 is 1.75 bits per heavy atom. The highest BCUT2D eigenvalue weighted by Crippen LogP contribution is 2.45. The normalized spacial score (nSPS) is 21.8. The number of rotatable bonds is 15. The van der Waals surface area contributed by atoms with Crippen LogP contribution in [-0.2, 0) is 21.3 Å². The van der Waals surface area contributed by atoms with Gasteiger partial charge in [0.2, 0.25) is 0 Å². The molecule has 9 rings (SSSR count). The van der Waals surface area contributed by atoms with E-state index in [2.05, 4.69) is 60.0 Å². The maximum Gasteiger partial charge on any atom is 0.293 e. The van der Waals surface area contributed by atoms with Gasteiger partial charge < -0.3 is 29.8 Å². The summed E-state index contributed by atoms with van der Waals surface area (Å²) in [5.74, 6) is -0.267. The summed E-state index contributed by atoms with van der Waals surface area (Å²) < 4.78 is 41.6. The second-order valence-electron chi connectivity index (χ2n) is 20.0. The molecular weight excluding hydrogens is 905 g/mol. The minimum Gasteiger partial charge on any atom is -0.455 e. The number of nitro groups is 1. The number of ether oxygens (including phenoxy) is 2. The molecule has 5 heterocycles. The summed E-state index contributed by atoms with van der Waals surface area (Å²) in [6, 6.07) is 14.7. The maximum absolute atomic E-state index is 14.0. The van der Waals surface area contributed by atoms with Gasteiger partial charge in [0, 0.05) is 93.2 Å². The Morgan fingerprint density at radius 1 is 0.985 bits per heavy atom. The lowest BCUT2D eigenvalue weighted by atomic mass is 9.73. The van der Waals surface area contributed by atoms with Crippen molar-refractivity contribution in [2.75, 3.05) is 75.8 Å². The lowest BCUT2D eigenvalue weighted by molar-refractivity contribution is -0.384. The fraction of sp³-hybridized carbons (Fsp3) is 0.480. The third-order valence-corrected chi connectivity index (χ3v) is 16.4. The number of pyridine rings is 1. The number of nitrogens with zero attached hydrogens (tertiary/aromatic N) is 5. The number of nitro benzene ring substituents is 1. The Kier molecular flexibility index (Phi) is 14.0. The van der Waals surface area contributed by atoms with Crippen LogP contribution in [-0.4, -0.2) is 115 Å². The number of piperazine rings is 1. The Balaban J connectivity index is 0.901. The first-order valence-electron chi connectivity index (χ1n) is 23.7. The van der Waals surface area contributed by atoms with Gasteiger partial charge in [-0.25, -0.2) is 18.1 Å². The Hall–Kier alpha value is -5.37. The summed E-state index contributed by atoms with van der Waals surface area (Å²) in [5, 5.41) is 28.7. The Bertz CT molecular complexity index is 2780. The van der Waals surface area contributed by atoms with Gasteiger partial charge in [0.25, 0.3) is 21.6 Å². The predicted molar refractivity (Wildman–Crippen MR) is 265 cm³/mol. The fourth-order valence-electron chi connectivity index (χ4n) is 9.89. The van der Waals surface area contributed by atoms with E-state index in [1.54, 1.807) is 30.5 Å². The number of amides is 1. The molecule has 3 aromatic heterocycles. The van der Waals surface area contributed by atoms with Crippen LogP contribution in [0.2, 0.25) is 0 Å². The monoisotopic (exact) mass is 966 g/mol. The van der Waals surface area contributed by atoms with E-state index in [0.29, 0.717) is 30.8 Å². The van der Waals surface area contributed by atoms with Crippen LogP contribution < -0.4 is 19.7 Å². The van der Waals surface area contributed by atoms with E-state index in [9.17, 15) is 28.4 Å². The summed E-state index contributed by atoms with van der Waals surface area (Å²) in [7, 11) is -4.58. The fourth-order valence-corrected chi connectivity index (χ4v) is 11.9. The highest BCUT2D eigenvalue weighted by Gasteiger charge is 2.32. The second-order valence-corrected chi connectivity index (χ2v) is 22.5. The lowest BCUT2D eigenvalue weighted by Gasteiger charge is -2.39. The number of hydrogen-bond acceptors (Lipinski definition) is 14. The first kappa shape index (κ1) is 47.7. The van der Waals surface area contributed by atoms with Crippen molar-refractivity contribution < 1.29 is 32.7 Å². The summed E-state index contributed by atoms with van der Waals surface area (Å²) in [4.78, 5) is 41.3. The van der Waals surface area contributed by atoms with E-state index in [0.717, 1.165) is 115 Å². The van der Waals surface area contributed by atoms with Crippen LogP contribution in [0.5, 0.6) is 11.5 Å². The molecule has 68 heavy (non-hydrogen) atoms. The molecule has 4 N–H and O–H groups in total. The number of sulfonamides is 1. The average Bonchev–Trinajstić information content (AvgIpc) is 3.99. The Morgan fingerprint density at radius 3 is 2.51 bits per heavy atom. The van der Waals surface area contributed by atoms with Crippen molar-refractivity contribution in [2.45, 2.75) is 82.8 Å². The standard InChI is InChI=1S/C50H62N8O8S2/c1-49(2)12-10-37(42(28-49)46-24-35(33-67-46)31-56-20-22-65-23-21-56)32-55-16-18-57(19-17-55)38-4-6-41(45(26-38)66-39-25-36-11-15-51-47(36)53-30-39)48(59)54-68(63,64)40-5-7-43(44(27-40)58(61)62)52-29-34-8-13-50(3,60)14-9-34/h4-7,11,15,24-27,30,33-34,52,60H,8-10,12-14,16-23,28-29,31-32H2,1-3H3,(H,51,53)(H,54,59)/t34-,50+. The molecule has 3 fully saturated rings. The Labute approximate surface area is 401 Å². The van der Waals surface area contributed by atoms with Crippen LogP contribution in [0.1, 0.15) is 86.5 Å². The van der Waals surface area contributed by atoms with E-state index in [1.807, 2.05) is 24.3 Å². The zero-order valence-electron chi connectivity index (χ0n) is 39.1. The SMILES string of the molecule is CC1(C)CCC(CN2CCN(c3ccc(C(=O)NS(=O)(=O)c4ccc(NC[C@H]5CC[C@@](C)(O)CC5)c([N+](=O)[O-])c4)c(Oc4cnc5[nH]ccc5c4)c3)CC2)=C(c2cc(CN3CCOCC3)cs2)C1. The molecule has 2 aliphatic carbocycles. The number of aromatic nitrogens is 2. The molecule has 0 unspecified atom stereocenters. The number of carbonyl (C=O) groups is 1. The molecule has 0 bridgehead atoms. The van der Waals surface area contributed by atoms with Crippen LogP contribution in [0, 0.1) is 21.4 Å². The molecule has 362 valence electrons. The number of thiophene rings is 1. The van der Waals surface area contributed by atoms with E-state index < -0.39 is 37.0 Å². The number of fused-ring (bicyclic) bond motifs is 1. The minimum absolute atomic E-state index is 0.0364. The molecule has 5 aromatic rings. The summed E-state index contributed by atoms with van der Waals surface area (Å²) in [6.45, 7) is 15.5. The first-order chi connectivity index (χ1) is 32.6. The molecule has 0 radical (unpaired) electrons. The van der Waals surface area contributed by atoms with Crippen molar-refractivity contribution in [3.63, 3.8) is 0 Å². The van der Waals surface area contributed by atoms with Gasteiger partial charge in [0.05, 0.1) is 40.4 Å². The van der Waals surface area contributed by atoms with Crippen LogP contribution in [0.15, 0.2) is 82.8 Å². The van der Waals surface area contributed by atoms with Gasteiger partial charge in [-0.15, -0.1) is 11.3 Å². The number of anilines is 2. The molecular formula is C50H62N8O8S2. The van der Waals surface area contributed by atoms with Crippen LogP contribution >= 0.6 is 11.3 Å². The van der Waals surface area contributed by atoms with Crippen molar-refractivity contribution >= 4 is 60.9 Å². The van der Waals surface area contributed by atoms with Gasteiger partial charge in [0.1, 0.15) is 22.8 Å². The van der Waals surface area contributed by atoms with Crippen LogP contribution in [0.3, 0.4) is 0 Å². The van der Waals surface area contributed by atoms with Crippen LogP contribution in [0.4, 0.5) is 17.1 Å². The van der Waals surface area contributed by atoms with E-state index >= 15 is 0 Å². The topological polar surface area (TPSA) is 196 Å². The minimum atomic E-state index is -4.58. The van der Waals surface area contributed by atoms with Gasteiger partial charge in [-0.1, -0.05) is 19.4 Å². The van der Waals surface area contributed by atoms with Crippen molar-refractivity contribution in [1.82, 2.24) is 24.5 Å². The van der Waals surface area contributed by atoms with Gasteiger partial charge in [-0.2, -0.15) is 0 Å². The smallest absolute Gasteiger partial charge is 0.293 e. The molecule has 2 saturated heterocycles. The zero-order valence-corrected chi connectivity index (χ0v) is 40.7. The average molecular weight is 967 g/mol. The van der Waals surface area contributed by atoms with Gasteiger partial charge in [0.15, 0.2) is 0 Å². The zero-order chi connectivity index (χ0) is 47.6. The van der Waals surface area contributed by atoms with Gasteiger partial charge in [-0.05, 0) is 122 Å². The van der Waals surface area contributed by atoms with Gasteiger partial charge >= 0.3 is 0 Å². The molecule has 0 spiro atoms. The van der Waals surface area contributed by atoms with Crippen molar-refractivity contribution in [2.24, 2.45) is 11.3 Å². The predicted octanol–water partition coefficient (Wildman–Crippen LogP) is 8.41. The molecule has 2 aromatic carbocycles. The molecule has 18 heteroatoms. The molecule has 16 nitrogen and oxygen atoms in total. The number of carbonyl (C=O) groups excluding carboxylic acids is 1. The van der Waals surface area contributed by atoms with E-state index in [-0.39, 0.29) is 28.3 Å². The van der Waals surface area contributed by atoms with Crippen molar-refractivity contribution in [1.29, 1.82) is 0 Å². The molecule has 1 amide bonds. The van der Waals surface area contributed by atoms with E-state index in [4.69, 9.17) is 9.47 Å². The highest BCUT2D eigenvalue weighted by atomic mass is 32.2. The number of allylic oxidation sites excluding steroid dienone is 1. The first-order valence-corrected chi connectivity index (χ1v) is 26.1. The van der Waals surface area contributed by atoms with E-state index in [1.165, 1.54) is 39.9 Å². The van der Waals surface area contributed by atoms with Crippen molar-refractivity contribution in [3.05, 3.63) is 104 Å². The summed E-state index contributed by atoms with van der Waals surface area (Å²) in [6.07, 6.45) is 9.39.